The lowest BCUT2D eigenvalue weighted by atomic mass is 10.1. The van der Waals surface area contributed by atoms with Gasteiger partial charge in [0, 0.05) is 11.3 Å². The highest BCUT2D eigenvalue weighted by atomic mass is 32.2. The van der Waals surface area contributed by atoms with Crippen LogP contribution in [0.25, 0.3) is 0 Å². The minimum absolute atomic E-state index is 0.113. The van der Waals surface area contributed by atoms with Crippen LogP contribution in [0.1, 0.15) is 22.8 Å². The van der Waals surface area contributed by atoms with Gasteiger partial charge in [0.15, 0.2) is 0 Å². The van der Waals surface area contributed by atoms with Crippen LogP contribution in [-0.2, 0) is 10.0 Å². The van der Waals surface area contributed by atoms with E-state index in [1.54, 1.807) is 0 Å². The molecule has 9 nitrogen and oxygen atoms in total. The van der Waals surface area contributed by atoms with E-state index in [-0.39, 0.29) is 21.8 Å². The van der Waals surface area contributed by atoms with Crippen molar-refractivity contribution >= 4 is 33.2 Å². The van der Waals surface area contributed by atoms with Gasteiger partial charge in [0.05, 0.1) is 9.82 Å². The van der Waals surface area contributed by atoms with E-state index in [0.29, 0.717) is 5.56 Å². The van der Waals surface area contributed by atoms with Gasteiger partial charge in [-0.05, 0) is 50.1 Å². The van der Waals surface area contributed by atoms with Crippen LogP contribution in [0.3, 0.4) is 0 Å². The van der Waals surface area contributed by atoms with Crippen molar-refractivity contribution in [1.82, 2.24) is 0 Å². The largest absolute Gasteiger partial charge is 0.861 e. The summed E-state index contributed by atoms with van der Waals surface area (Å²) < 4.78 is 26.6. The summed E-state index contributed by atoms with van der Waals surface area (Å²) >= 11 is 0. The standard InChI is InChI=1S/C16H15N3O6S/c1-10-4-3-5-14(15(10)19(22)23)16(21)17-12-6-8-13(9-7-12)26(24,25)18-11(2)20/h3-9H,1-2H3,(H,17,21)(H,18,20)/p-1. The molecule has 0 aliphatic rings. The number of carbonyl (C=O) groups is 1. The summed E-state index contributed by atoms with van der Waals surface area (Å²) in [7, 11) is -4.11. The number of nitrogens with zero attached hydrogens (tertiary/aromatic N) is 2. The summed E-state index contributed by atoms with van der Waals surface area (Å²) in [5.41, 5.74) is 0.158. The zero-order valence-electron chi connectivity index (χ0n) is 13.8. The van der Waals surface area contributed by atoms with Gasteiger partial charge >= 0.3 is 0 Å². The zero-order valence-corrected chi connectivity index (χ0v) is 14.6. The third kappa shape index (κ3) is 4.22. The number of anilines is 1. The van der Waals surface area contributed by atoms with Crippen molar-refractivity contribution < 1.29 is 23.2 Å². The Balaban J connectivity index is 2.28. The van der Waals surface area contributed by atoms with E-state index in [9.17, 15) is 28.4 Å². The van der Waals surface area contributed by atoms with Gasteiger partial charge in [-0.25, -0.2) is 0 Å². The third-order valence-electron chi connectivity index (χ3n) is 3.32. The Hall–Kier alpha value is -3.27. The summed E-state index contributed by atoms with van der Waals surface area (Å²) in [4.78, 5) is 22.6. The summed E-state index contributed by atoms with van der Waals surface area (Å²) in [5, 5.41) is 24.5. The lowest BCUT2D eigenvalue weighted by molar-refractivity contribution is -0.385. The van der Waals surface area contributed by atoms with Crippen molar-refractivity contribution in [1.29, 1.82) is 0 Å². The Bertz CT molecular complexity index is 993. The first kappa shape index (κ1) is 19.1. The maximum atomic E-state index is 12.3. The van der Waals surface area contributed by atoms with E-state index in [4.69, 9.17) is 0 Å². The number of hydrogen-bond acceptors (Lipinski definition) is 6. The molecule has 0 aromatic heterocycles. The van der Waals surface area contributed by atoms with Crippen LogP contribution < -0.4 is 10.4 Å². The predicted molar refractivity (Wildman–Crippen MR) is 92.5 cm³/mol. The second-order valence-corrected chi connectivity index (χ2v) is 6.90. The highest BCUT2D eigenvalue weighted by Crippen LogP contribution is 2.24. The van der Waals surface area contributed by atoms with E-state index in [0.717, 1.165) is 6.92 Å². The predicted octanol–water partition coefficient (Wildman–Crippen LogP) is 1.62. The minimum Gasteiger partial charge on any atom is -0.861 e. The molecule has 2 rings (SSSR count). The van der Waals surface area contributed by atoms with Crippen LogP contribution in [0, 0.1) is 17.0 Å². The topological polar surface area (TPSA) is 142 Å². The molecule has 136 valence electrons. The molecule has 0 saturated carbocycles. The number of benzene rings is 2. The highest BCUT2D eigenvalue weighted by Gasteiger charge is 2.22. The molecular formula is C16H14N3O6S-. The van der Waals surface area contributed by atoms with Crippen LogP contribution in [0.2, 0.25) is 0 Å². The fourth-order valence-corrected chi connectivity index (χ4v) is 3.14. The molecular weight excluding hydrogens is 362 g/mol. The molecule has 0 atom stereocenters. The van der Waals surface area contributed by atoms with Crippen LogP contribution in [-0.4, -0.2) is 25.1 Å². The molecule has 2 aromatic carbocycles. The smallest absolute Gasteiger partial charge is 0.285 e. The van der Waals surface area contributed by atoms with Crippen molar-refractivity contribution in [2.45, 2.75) is 18.7 Å². The van der Waals surface area contributed by atoms with Crippen LogP contribution >= 0.6 is 0 Å². The molecule has 2 aromatic rings. The summed E-state index contributed by atoms with van der Waals surface area (Å²) in [6, 6.07) is 9.29. The number of rotatable bonds is 5. The molecule has 0 aliphatic carbocycles. The molecule has 1 N–H and O–H groups in total. The number of para-hydroxylation sites is 1. The Morgan fingerprint density at radius 3 is 2.31 bits per heavy atom. The number of carbonyl (C=O) groups excluding carboxylic acids is 1. The molecule has 0 aliphatic heterocycles. The number of nitro groups is 1. The van der Waals surface area contributed by atoms with Crippen LogP contribution in [0.15, 0.2) is 51.8 Å². The summed E-state index contributed by atoms with van der Waals surface area (Å²) in [6.07, 6.45) is 0. The fraction of sp³-hybridized carbons (Fsp3) is 0.125. The molecule has 0 fully saturated rings. The third-order valence-corrected chi connectivity index (χ3v) is 4.69. The van der Waals surface area contributed by atoms with Crippen molar-refractivity contribution in [2.75, 3.05) is 5.32 Å². The second kappa shape index (κ2) is 7.31. The van der Waals surface area contributed by atoms with Crippen molar-refractivity contribution in [2.24, 2.45) is 4.40 Å². The Morgan fingerprint density at radius 2 is 1.77 bits per heavy atom. The number of sulfonamides is 1. The monoisotopic (exact) mass is 376 g/mol. The van der Waals surface area contributed by atoms with Gasteiger partial charge in [0.1, 0.15) is 5.56 Å². The maximum Gasteiger partial charge on any atom is 0.285 e. The quantitative estimate of drug-likeness (QED) is 0.364. The van der Waals surface area contributed by atoms with Gasteiger partial charge in [-0.2, -0.15) is 12.8 Å². The molecule has 0 radical (unpaired) electrons. The zero-order chi connectivity index (χ0) is 19.5. The summed E-state index contributed by atoms with van der Waals surface area (Å²) in [6.45, 7) is 2.54. The Morgan fingerprint density at radius 1 is 1.15 bits per heavy atom. The number of aryl methyl sites for hydroxylation is 1. The number of nitrogens with one attached hydrogen (secondary N) is 1. The van der Waals surface area contributed by atoms with Gasteiger partial charge in [-0.3, -0.25) is 14.9 Å². The van der Waals surface area contributed by atoms with Gasteiger partial charge in [0.2, 0.25) is 0 Å². The first-order valence-corrected chi connectivity index (χ1v) is 8.70. The molecule has 0 heterocycles. The van der Waals surface area contributed by atoms with Crippen molar-refractivity contribution in [3.63, 3.8) is 0 Å². The maximum absolute atomic E-state index is 12.3. The lowest BCUT2D eigenvalue weighted by Crippen LogP contribution is -2.15. The minimum atomic E-state index is -4.11. The molecule has 26 heavy (non-hydrogen) atoms. The normalized spacial score (nSPS) is 11.8. The number of amides is 1. The van der Waals surface area contributed by atoms with Crippen LogP contribution in [0.5, 0.6) is 0 Å². The molecule has 0 spiro atoms. The highest BCUT2D eigenvalue weighted by molar-refractivity contribution is 7.90. The molecule has 1 amide bonds. The van der Waals surface area contributed by atoms with E-state index in [2.05, 4.69) is 9.71 Å². The van der Waals surface area contributed by atoms with E-state index in [1.807, 2.05) is 0 Å². The van der Waals surface area contributed by atoms with Gasteiger partial charge < -0.3 is 10.4 Å². The Kier molecular flexibility index (Phi) is 5.36. The van der Waals surface area contributed by atoms with Gasteiger partial charge in [-0.1, -0.05) is 12.1 Å². The first-order chi connectivity index (χ1) is 12.1. The number of nitro benzene ring substituents is 1. The lowest BCUT2D eigenvalue weighted by Gasteiger charge is -2.08. The van der Waals surface area contributed by atoms with Crippen LogP contribution in [0.4, 0.5) is 11.4 Å². The van der Waals surface area contributed by atoms with E-state index < -0.39 is 26.8 Å². The molecule has 10 heteroatoms. The van der Waals surface area contributed by atoms with Gasteiger partial charge in [0.25, 0.3) is 21.6 Å². The fourth-order valence-electron chi connectivity index (χ4n) is 2.22. The van der Waals surface area contributed by atoms with E-state index >= 15 is 0 Å². The first-order valence-electron chi connectivity index (χ1n) is 7.26. The molecule has 0 bridgehead atoms. The summed E-state index contributed by atoms with van der Waals surface area (Å²) in [5.74, 6) is -1.56. The number of hydrogen-bond donors (Lipinski definition) is 1. The average molecular weight is 376 g/mol. The van der Waals surface area contributed by atoms with E-state index in [1.165, 1.54) is 49.4 Å². The molecule has 0 unspecified atom stereocenters. The Labute approximate surface area is 149 Å². The molecule has 0 saturated heterocycles. The van der Waals surface area contributed by atoms with Crippen molar-refractivity contribution in [3.05, 3.63) is 63.7 Å². The SMILES string of the molecule is CC([O-])=NS(=O)(=O)c1ccc(NC(=O)c2cccc(C)c2[N+](=O)[O-])cc1. The van der Waals surface area contributed by atoms with Gasteiger partial charge in [-0.15, -0.1) is 0 Å². The average Bonchev–Trinajstić information content (AvgIpc) is 2.53. The second-order valence-electron chi connectivity index (χ2n) is 5.29. The van der Waals surface area contributed by atoms with Crippen molar-refractivity contribution in [3.8, 4) is 0 Å².